The third kappa shape index (κ3) is 3.38. The predicted octanol–water partition coefficient (Wildman–Crippen LogP) is 1.33. The van der Waals surface area contributed by atoms with Crippen LogP contribution in [0.1, 0.15) is 32.7 Å². The molecule has 4 heteroatoms. The Labute approximate surface area is 96.3 Å². The second-order valence-electron chi connectivity index (χ2n) is 3.93. The molecule has 2 N–H and O–H groups in total. The van der Waals surface area contributed by atoms with Gasteiger partial charge in [-0.1, -0.05) is 6.92 Å². The molecular weight excluding hydrogens is 204 g/mol. The summed E-state index contributed by atoms with van der Waals surface area (Å²) in [6.07, 6.45) is 5.19. The number of aliphatic hydroxyl groups excluding tert-OH is 1. The quantitative estimate of drug-likeness (QED) is 0.766. The molecule has 0 aromatic carbocycles. The van der Waals surface area contributed by atoms with Crippen LogP contribution in [0.15, 0.2) is 24.5 Å². The maximum atomic E-state index is 11.9. The van der Waals surface area contributed by atoms with Crippen molar-refractivity contribution in [2.45, 2.75) is 38.8 Å². The number of nitrogens with one attached hydrogen (secondary N) is 1. The Bertz CT molecular complexity index is 309. The molecule has 90 valence electrons. The van der Waals surface area contributed by atoms with Crippen LogP contribution < -0.4 is 5.32 Å². The largest absolute Gasteiger partial charge is 0.396 e. The maximum Gasteiger partial charge on any atom is 0.242 e. The van der Waals surface area contributed by atoms with Gasteiger partial charge in [-0.05, 0) is 31.9 Å². The van der Waals surface area contributed by atoms with Crippen LogP contribution in [0.2, 0.25) is 0 Å². The van der Waals surface area contributed by atoms with E-state index in [1.54, 1.807) is 0 Å². The molecule has 0 radical (unpaired) electrons. The minimum absolute atomic E-state index is 0.00324. The van der Waals surface area contributed by atoms with Crippen LogP contribution in [0, 0.1) is 0 Å². The molecule has 0 aliphatic rings. The molecule has 0 aliphatic carbocycles. The van der Waals surface area contributed by atoms with Crippen molar-refractivity contribution in [3.05, 3.63) is 24.5 Å². The summed E-state index contributed by atoms with van der Waals surface area (Å²) in [4.78, 5) is 11.9. The molecule has 1 aromatic heterocycles. The highest BCUT2D eigenvalue weighted by atomic mass is 16.3. The summed E-state index contributed by atoms with van der Waals surface area (Å²) in [5.41, 5.74) is 0. The van der Waals surface area contributed by atoms with Gasteiger partial charge in [0.05, 0.1) is 0 Å². The van der Waals surface area contributed by atoms with E-state index in [4.69, 9.17) is 5.11 Å². The van der Waals surface area contributed by atoms with Crippen LogP contribution >= 0.6 is 0 Å². The molecule has 0 saturated heterocycles. The van der Waals surface area contributed by atoms with Crippen molar-refractivity contribution in [1.29, 1.82) is 0 Å². The number of aromatic nitrogens is 1. The number of rotatable bonds is 6. The molecule has 0 spiro atoms. The Morgan fingerprint density at radius 3 is 2.56 bits per heavy atom. The summed E-state index contributed by atoms with van der Waals surface area (Å²) in [7, 11) is 0. The van der Waals surface area contributed by atoms with E-state index in [9.17, 15) is 4.79 Å². The normalized spacial score (nSPS) is 14.4. The Kier molecular flexibility index (Phi) is 5.05. The number of carbonyl (C=O) groups excluding carboxylic acids is 1. The van der Waals surface area contributed by atoms with Crippen LogP contribution in [-0.4, -0.2) is 28.2 Å². The fourth-order valence-corrected chi connectivity index (χ4v) is 1.60. The maximum absolute atomic E-state index is 11.9. The monoisotopic (exact) mass is 224 g/mol. The molecule has 4 nitrogen and oxygen atoms in total. The molecule has 0 saturated carbocycles. The lowest BCUT2D eigenvalue weighted by molar-refractivity contribution is -0.124. The second kappa shape index (κ2) is 6.33. The molecule has 1 heterocycles. The van der Waals surface area contributed by atoms with Gasteiger partial charge in [0.1, 0.15) is 6.04 Å². The van der Waals surface area contributed by atoms with Crippen molar-refractivity contribution < 1.29 is 9.90 Å². The summed E-state index contributed by atoms with van der Waals surface area (Å²) in [5, 5.41) is 11.8. The highest BCUT2D eigenvalue weighted by molar-refractivity contribution is 5.80. The van der Waals surface area contributed by atoms with Crippen molar-refractivity contribution in [2.24, 2.45) is 0 Å². The number of amides is 1. The van der Waals surface area contributed by atoms with Gasteiger partial charge < -0.3 is 15.0 Å². The highest BCUT2D eigenvalue weighted by Gasteiger charge is 2.16. The zero-order valence-electron chi connectivity index (χ0n) is 9.89. The number of nitrogens with zero attached hydrogens (tertiary/aromatic N) is 1. The molecule has 1 aromatic rings. The van der Waals surface area contributed by atoms with E-state index in [1.165, 1.54) is 0 Å². The van der Waals surface area contributed by atoms with Gasteiger partial charge in [-0.25, -0.2) is 0 Å². The van der Waals surface area contributed by atoms with Gasteiger partial charge in [0.2, 0.25) is 5.91 Å². The lowest BCUT2D eigenvalue weighted by Gasteiger charge is -2.19. The van der Waals surface area contributed by atoms with Crippen LogP contribution in [-0.2, 0) is 4.79 Å². The van der Waals surface area contributed by atoms with Gasteiger partial charge in [0, 0.05) is 25.0 Å². The summed E-state index contributed by atoms with van der Waals surface area (Å²) in [6, 6.07) is 3.65. The smallest absolute Gasteiger partial charge is 0.242 e. The number of hydrogen-bond donors (Lipinski definition) is 2. The molecule has 1 amide bonds. The molecule has 2 unspecified atom stereocenters. The fraction of sp³-hybridized carbons (Fsp3) is 0.583. The van der Waals surface area contributed by atoms with Gasteiger partial charge in [-0.15, -0.1) is 0 Å². The average Bonchev–Trinajstić information content (AvgIpc) is 2.80. The van der Waals surface area contributed by atoms with E-state index >= 15 is 0 Å². The average molecular weight is 224 g/mol. The fourth-order valence-electron chi connectivity index (χ4n) is 1.60. The molecule has 2 atom stereocenters. The predicted molar refractivity (Wildman–Crippen MR) is 63.1 cm³/mol. The zero-order valence-corrected chi connectivity index (χ0v) is 9.89. The first kappa shape index (κ1) is 12.8. The third-order valence-corrected chi connectivity index (χ3v) is 2.77. The van der Waals surface area contributed by atoms with Crippen LogP contribution in [0.25, 0.3) is 0 Å². The van der Waals surface area contributed by atoms with E-state index in [1.807, 2.05) is 42.9 Å². The number of carbonyl (C=O) groups is 1. The van der Waals surface area contributed by atoms with Gasteiger partial charge in [0.25, 0.3) is 0 Å². The number of hydrogen-bond acceptors (Lipinski definition) is 2. The minimum Gasteiger partial charge on any atom is -0.396 e. The molecule has 1 rings (SSSR count). The zero-order chi connectivity index (χ0) is 12.0. The Hall–Kier alpha value is -1.29. The van der Waals surface area contributed by atoms with E-state index in [0.717, 1.165) is 6.42 Å². The summed E-state index contributed by atoms with van der Waals surface area (Å²) >= 11 is 0. The first-order valence-corrected chi connectivity index (χ1v) is 5.72. The van der Waals surface area contributed by atoms with Crippen molar-refractivity contribution in [3.8, 4) is 0 Å². The van der Waals surface area contributed by atoms with Crippen molar-refractivity contribution in [2.75, 3.05) is 6.61 Å². The summed E-state index contributed by atoms with van der Waals surface area (Å²) < 4.78 is 1.86. The highest BCUT2D eigenvalue weighted by Crippen LogP contribution is 2.07. The Morgan fingerprint density at radius 2 is 2.06 bits per heavy atom. The molecule has 16 heavy (non-hydrogen) atoms. The van der Waals surface area contributed by atoms with Gasteiger partial charge in [0.15, 0.2) is 0 Å². The van der Waals surface area contributed by atoms with E-state index in [-0.39, 0.29) is 24.6 Å². The topological polar surface area (TPSA) is 54.3 Å². The van der Waals surface area contributed by atoms with E-state index in [0.29, 0.717) is 6.42 Å². The summed E-state index contributed by atoms with van der Waals surface area (Å²) in [5.74, 6) is -0.00324. The third-order valence-electron chi connectivity index (χ3n) is 2.77. The van der Waals surface area contributed by atoms with Gasteiger partial charge in [-0.2, -0.15) is 0 Å². The Balaban J connectivity index is 2.51. The van der Waals surface area contributed by atoms with E-state index < -0.39 is 0 Å². The number of aliphatic hydroxyl groups is 1. The van der Waals surface area contributed by atoms with Crippen LogP contribution in [0.5, 0.6) is 0 Å². The first-order valence-electron chi connectivity index (χ1n) is 5.72. The summed E-state index contributed by atoms with van der Waals surface area (Å²) in [6.45, 7) is 3.97. The minimum atomic E-state index is -0.206. The molecular formula is C12H20N2O2. The molecule has 0 bridgehead atoms. The van der Waals surface area contributed by atoms with Crippen LogP contribution in [0.4, 0.5) is 0 Å². The van der Waals surface area contributed by atoms with Crippen molar-refractivity contribution in [1.82, 2.24) is 9.88 Å². The lowest BCUT2D eigenvalue weighted by atomic mass is 10.1. The van der Waals surface area contributed by atoms with Gasteiger partial charge >= 0.3 is 0 Å². The SMILES string of the molecule is CCC(CCO)NC(=O)C(C)n1cccc1. The lowest BCUT2D eigenvalue weighted by Crippen LogP contribution is -2.38. The van der Waals surface area contributed by atoms with Crippen LogP contribution in [0.3, 0.4) is 0 Å². The van der Waals surface area contributed by atoms with E-state index in [2.05, 4.69) is 5.32 Å². The van der Waals surface area contributed by atoms with Gasteiger partial charge in [-0.3, -0.25) is 4.79 Å². The Morgan fingerprint density at radius 1 is 1.44 bits per heavy atom. The van der Waals surface area contributed by atoms with Crippen molar-refractivity contribution in [3.63, 3.8) is 0 Å². The second-order valence-corrected chi connectivity index (χ2v) is 3.93. The standard InChI is InChI=1S/C12H20N2O2/c1-3-11(6-9-15)13-12(16)10(2)14-7-4-5-8-14/h4-5,7-8,10-11,15H,3,6,9H2,1-2H3,(H,13,16). The first-order chi connectivity index (χ1) is 7.69. The van der Waals surface area contributed by atoms with Crippen molar-refractivity contribution >= 4 is 5.91 Å². The molecule has 0 aliphatic heterocycles. The molecule has 0 fully saturated rings.